The molecular weight excluding hydrogens is 256 g/mol. The van der Waals surface area contributed by atoms with Gasteiger partial charge in [0.25, 0.3) is 0 Å². The molecular formula is C15H20N2OS. The van der Waals surface area contributed by atoms with Gasteiger partial charge in [-0.25, -0.2) is 0 Å². The molecule has 0 heterocycles. The highest BCUT2D eigenvalue weighted by Gasteiger charge is 2.26. The van der Waals surface area contributed by atoms with E-state index in [1.165, 1.54) is 11.9 Å². The number of hydrogen-bond acceptors (Lipinski definition) is 3. The molecule has 0 aromatic heterocycles. The molecule has 1 atom stereocenters. The summed E-state index contributed by atoms with van der Waals surface area (Å²) in [4.78, 5) is 12.6. The molecule has 102 valence electrons. The fourth-order valence-electron chi connectivity index (χ4n) is 2.01. The molecule has 19 heavy (non-hydrogen) atoms. The number of carbonyl (C=O) groups excluding carboxylic acids is 1. The van der Waals surface area contributed by atoms with E-state index in [1.807, 2.05) is 42.7 Å². The summed E-state index contributed by atoms with van der Waals surface area (Å²) in [6.45, 7) is 4.34. The van der Waals surface area contributed by atoms with Crippen LogP contribution in [0.15, 0.2) is 30.3 Å². The molecule has 0 bridgehead atoms. The highest BCUT2D eigenvalue weighted by atomic mass is 32.2. The highest BCUT2D eigenvalue weighted by Crippen LogP contribution is 2.27. The first-order valence-electron chi connectivity index (χ1n) is 6.37. The first-order chi connectivity index (χ1) is 9.10. The molecule has 0 radical (unpaired) electrons. The number of nitrogens with zero attached hydrogens (tertiary/aromatic N) is 2. The SMILES string of the molecule is CSN(CC#N)C(=O)C(CC(C)C)c1ccccc1. The normalized spacial score (nSPS) is 11.9. The molecule has 1 aromatic rings. The molecule has 1 aromatic carbocycles. The van der Waals surface area contributed by atoms with E-state index in [0.717, 1.165) is 12.0 Å². The van der Waals surface area contributed by atoms with E-state index < -0.39 is 0 Å². The third-order valence-electron chi connectivity index (χ3n) is 2.89. The van der Waals surface area contributed by atoms with Crippen LogP contribution in [-0.4, -0.2) is 23.0 Å². The van der Waals surface area contributed by atoms with E-state index in [2.05, 4.69) is 13.8 Å². The standard InChI is InChI=1S/C15H20N2OS/c1-12(2)11-14(13-7-5-4-6-8-13)15(18)17(19-3)10-9-16/h4-8,12,14H,10-11H2,1-3H3. The van der Waals surface area contributed by atoms with E-state index in [1.54, 1.807) is 4.31 Å². The molecule has 0 fully saturated rings. The van der Waals surface area contributed by atoms with Crippen molar-refractivity contribution in [1.82, 2.24) is 4.31 Å². The molecule has 0 aliphatic rings. The molecule has 0 saturated carbocycles. The van der Waals surface area contributed by atoms with Crippen LogP contribution in [0.3, 0.4) is 0 Å². The van der Waals surface area contributed by atoms with Gasteiger partial charge in [0.2, 0.25) is 5.91 Å². The lowest BCUT2D eigenvalue weighted by molar-refractivity contribution is -0.127. The number of hydrogen-bond donors (Lipinski definition) is 0. The molecule has 0 N–H and O–H groups in total. The summed E-state index contributed by atoms with van der Waals surface area (Å²) in [5.74, 6) is 0.288. The maximum Gasteiger partial charge on any atom is 0.240 e. The smallest absolute Gasteiger partial charge is 0.240 e. The van der Waals surface area contributed by atoms with Crippen molar-refractivity contribution in [2.75, 3.05) is 12.8 Å². The Morgan fingerprint density at radius 3 is 2.47 bits per heavy atom. The Morgan fingerprint density at radius 2 is 2.00 bits per heavy atom. The van der Waals surface area contributed by atoms with Crippen molar-refractivity contribution in [3.05, 3.63) is 35.9 Å². The first-order valence-corrected chi connectivity index (χ1v) is 7.55. The van der Waals surface area contributed by atoms with Crippen LogP contribution in [0.5, 0.6) is 0 Å². The molecule has 4 heteroatoms. The van der Waals surface area contributed by atoms with Crippen molar-refractivity contribution in [2.24, 2.45) is 5.92 Å². The monoisotopic (exact) mass is 276 g/mol. The van der Waals surface area contributed by atoms with Crippen LogP contribution in [0, 0.1) is 17.2 Å². The van der Waals surface area contributed by atoms with Crippen LogP contribution in [0.4, 0.5) is 0 Å². The average molecular weight is 276 g/mol. The van der Waals surface area contributed by atoms with Gasteiger partial charge in [0, 0.05) is 6.26 Å². The first kappa shape index (κ1) is 15.6. The fourth-order valence-corrected chi connectivity index (χ4v) is 2.50. The summed E-state index contributed by atoms with van der Waals surface area (Å²) in [5.41, 5.74) is 1.03. The molecule has 1 rings (SSSR count). The Labute approximate surface area is 119 Å². The van der Waals surface area contributed by atoms with Gasteiger partial charge >= 0.3 is 0 Å². The maximum absolute atomic E-state index is 12.6. The average Bonchev–Trinajstić information content (AvgIpc) is 2.42. The predicted octanol–water partition coefficient (Wildman–Crippen LogP) is 3.45. The zero-order chi connectivity index (χ0) is 14.3. The van der Waals surface area contributed by atoms with Gasteiger partial charge in [0.1, 0.15) is 6.54 Å². The Hall–Kier alpha value is -1.47. The minimum absolute atomic E-state index is 0.0222. The van der Waals surface area contributed by atoms with Crippen LogP contribution < -0.4 is 0 Å². The number of amides is 1. The quantitative estimate of drug-likeness (QED) is 0.590. The summed E-state index contributed by atoms with van der Waals surface area (Å²) in [6, 6.07) is 11.9. The Kier molecular flexibility index (Phi) is 6.44. The van der Waals surface area contributed by atoms with E-state index in [0.29, 0.717) is 5.92 Å². The second kappa shape index (κ2) is 7.85. The molecule has 1 amide bonds. The van der Waals surface area contributed by atoms with Gasteiger partial charge in [0.15, 0.2) is 0 Å². The van der Waals surface area contributed by atoms with Crippen molar-refractivity contribution < 1.29 is 4.79 Å². The van der Waals surface area contributed by atoms with Crippen LogP contribution in [0.2, 0.25) is 0 Å². The van der Waals surface area contributed by atoms with E-state index in [9.17, 15) is 4.79 Å². The highest BCUT2D eigenvalue weighted by molar-refractivity contribution is 7.96. The molecule has 0 spiro atoms. The second-order valence-corrected chi connectivity index (χ2v) is 5.61. The Morgan fingerprint density at radius 1 is 1.37 bits per heavy atom. The van der Waals surface area contributed by atoms with Crippen LogP contribution >= 0.6 is 11.9 Å². The predicted molar refractivity (Wildman–Crippen MR) is 79.5 cm³/mol. The van der Waals surface area contributed by atoms with Crippen LogP contribution in [0.1, 0.15) is 31.7 Å². The zero-order valence-electron chi connectivity index (χ0n) is 11.7. The number of rotatable bonds is 6. The largest absolute Gasteiger partial charge is 0.273 e. The minimum Gasteiger partial charge on any atom is -0.273 e. The lowest BCUT2D eigenvalue weighted by atomic mass is 9.89. The summed E-state index contributed by atoms with van der Waals surface area (Å²) < 4.78 is 1.54. The molecule has 0 aliphatic heterocycles. The number of nitriles is 1. The lowest BCUT2D eigenvalue weighted by Gasteiger charge is -2.24. The number of benzene rings is 1. The fraction of sp³-hybridized carbons (Fsp3) is 0.467. The van der Waals surface area contributed by atoms with Gasteiger partial charge in [-0.15, -0.1) is 0 Å². The molecule has 0 saturated heterocycles. The summed E-state index contributed by atoms with van der Waals surface area (Å²) in [6.07, 6.45) is 2.62. The van der Waals surface area contributed by atoms with E-state index in [4.69, 9.17) is 5.26 Å². The number of carbonyl (C=O) groups is 1. The van der Waals surface area contributed by atoms with Crippen molar-refractivity contribution in [3.63, 3.8) is 0 Å². The molecule has 3 nitrogen and oxygen atoms in total. The minimum atomic E-state index is -0.165. The zero-order valence-corrected chi connectivity index (χ0v) is 12.5. The Balaban J connectivity index is 2.97. The van der Waals surface area contributed by atoms with E-state index in [-0.39, 0.29) is 18.4 Å². The topological polar surface area (TPSA) is 44.1 Å². The summed E-state index contributed by atoms with van der Waals surface area (Å²) in [5, 5.41) is 8.79. The van der Waals surface area contributed by atoms with Gasteiger partial charge in [-0.2, -0.15) is 5.26 Å². The third kappa shape index (κ3) is 4.60. The van der Waals surface area contributed by atoms with Gasteiger partial charge in [-0.05, 0) is 29.9 Å². The summed E-state index contributed by atoms with van der Waals surface area (Å²) in [7, 11) is 0. The molecule has 0 aliphatic carbocycles. The van der Waals surface area contributed by atoms with Crippen molar-refractivity contribution >= 4 is 17.9 Å². The molecule has 1 unspecified atom stereocenters. The van der Waals surface area contributed by atoms with Crippen LogP contribution in [-0.2, 0) is 4.79 Å². The lowest BCUT2D eigenvalue weighted by Crippen LogP contribution is -2.30. The second-order valence-electron chi connectivity index (χ2n) is 4.81. The van der Waals surface area contributed by atoms with Crippen molar-refractivity contribution in [1.29, 1.82) is 5.26 Å². The maximum atomic E-state index is 12.6. The summed E-state index contributed by atoms with van der Waals surface area (Å²) >= 11 is 1.31. The van der Waals surface area contributed by atoms with E-state index >= 15 is 0 Å². The van der Waals surface area contributed by atoms with Crippen LogP contribution in [0.25, 0.3) is 0 Å². The van der Waals surface area contributed by atoms with Gasteiger partial charge in [0.05, 0.1) is 12.0 Å². The van der Waals surface area contributed by atoms with Gasteiger partial charge in [-0.3, -0.25) is 9.10 Å². The third-order valence-corrected chi connectivity index (χ3v) is 3.64. The van der Waals surface area contributed by atoms with Gasteiger partial charge < -0.3 is 0 Å². The Bertz CT molecular complexity index is 439. The van der Waals surface area contributed by atoms with Crippen molar-refractivity contribution in [2.45, 2.75) is 26.2 Å². The van der Waals surface area contributed by atoms with Gasteiger partial charge in [-0.1, -0.05) is 44.2 Å². The van der Waals surface area contributed by atoms with Crippen molar-refractivity contribution in [3.8, 4) is 6.07 Å².